The van der Waals surface area contributed by atoms with Gasteiger partial charge in [-0.2, -0.15) is 26.3 Å². The standard InChI is InChI=1S/C17H19F6NO4S/c18-16(19,20)15(26,17(21,22)23)12-6-8-13(9-7-12)24(10-11-25)29(27,28)14-4-2-1-3-5-14/h1-2,4,6,8-9,12,25-26H,3,5,7,10-11H2. The predicted octanol–water partition coefficient (Wildman–Crippen LogP) is 3.16. The van der Waals surface area contributed by atoms with Gasteiger partial charge in [0.25, 0.3) is 15.6 Å². The minimum absolute atomic E-state index is 0.00645. The van der Waals surface area contributed by atoms with Crippen LogP contribution in [0.2, 0.25) is 0 Å². The Morgan fingerprint density at radius 1 is 1.14 bits per heavy atom. The zero-order valence-electron chi connectivity index (χ0n) is 14.9. The van der Waals surface area contributed by atoms with E-state index in [-0.39, 0.29) is 17.0 Å². The molecule has 0 fully saturated rings. The van der Waals surface area contributed by atoms with Crippen LogP contribution in [0.15, 0.2) is 47.1 Å². The number of nitrogens with zero attached hydrogens (tertiary/aromatic N) is 1. The molecule has 0 aromatic heterocycles. The van der Waals surface area contributed by atoms with Gasteiger partial charge in [-0.3, -0.25) is 4.31 Å². The number of hydrogen-bond acceptors (Lipinski definition) is 4. The van der Waals surface area contributed by atoms with Crippen LogP contribution >= 0.6 is 0 Å². The lowest BCUT2D eigenvalue weighted by Crippen LogP contribution is -2.61. The number of aliphatic hydroxyl groups excluding tert-OH is 1. The van der Waals surface area contributed by atoms with Gasteiger partial charge in [-0.05, 0) is 31.4 Å². The zero-order valence-corrected chi connectivity index (χ0v) is 15.7. The van der Waals surface area contributed by atoms with Gasteiger partial charge in [0.2, 0.25) is 0 Å². The highest BCUT2D eigenvalue weighted by Gasteiger charge is 2.73. The van der Waals surface area contributed by atoms with Gasteiger partial charge in [0, 0.05) is 11.6 Å². The molecule has 2 aliphatic rings. The summed E-state index contributed by atoms with van der Waals surface area (Å²) in [5.41, 5.74) is -5.16. The van der Waals surface area contributed by atoms with E-state index in [2.05, 4.69) is 0 Å². The van der Waals surface area contributed by atoms with E-state index in [9.17, 15) is 45.0 Å². The fraction of sp³-hybridized carbons (Fsp3) is 0.529. The van der Waals surface area contributed by atoms with E-state index in [0.29, 0.717) is 12.5 Å². The Kier molecular flexibility index (Phi) is 6.60. The fourth-order valence-corrected chi connectivity index (χ4v) is 4.75. The van der Waals surface area contributed by atoms with Crippen molar-refractivity contribution in [1.82, 2.24) is 4.31 Å². The molecule has 0 saturated carbocycles. The molecule has 5 nitrogen and oxygen atoms in total. The van der Waals surface area contributed by atoms with Gasteiger partial charge in [-0.25, -0.2) is 8.42 Å². The number of hydrogen-bond donors (Lipinski definition) is 2. The summed E-state index contributed by atoms with van der Waals surface area (Å²) in [6.07, 6.45) is -5.53. The molecule has 0 aliphatic heterocycles. The molecule has 0 heterocycles. The molecule has 0 bridgehead atoms. The molecular weight excluding hydrogens is 428 g/mol. The number of allylic oxidation sites excluding steroid dienone is 6. The summed E-state index contributed by atoms with van der Waals surface area (Å²) in [5.74, 6) is -2.39. The van der Waals surface area contributed by atoms with Gasteiger partial charge in [-0.1, -0.05) is 24.3 Å². The summed E-state index contributed by atoms with van der Waals surface area (Å²) in [6, 6.07) is 0. The van der Waals surface area contributed by atoms with Crippen LogP contribution in [0.4, 0.5) is 26.3 Å². The summed E-state index contributed by atoms with van der Waals surface area (Å²) in [5, 5.41) is 18.7. The average Bonchev–Trinajstić information content (AvgIpc) is 2.64. The van der Waals surface area contributed by atoms with E-state index >= 15 is 0 Å². The molecule has 0 saturated heterocycles. The first kappa shape index (κ1) is 23.5. The Hall–Kier alpha value is -1.79. The second-order valence-electron chi connectivity index (χ2n) is 6.49. The first-order valence-corrected chi connectivity index (χ1v) is 9.94. The molecule has 1 unspecified atom stereocenters. The van der Waals surface area contributed by atoms with Gasteiger partial charge in [0.05, 0.1) is 18.1 Å². The summed E-state index contributed by atoms with van der Waals surface area (Å²) >= 11 is 0. The largest absolute Gasteiger partial charge is 0.426 e. The highest BCUT2D eigenvalue weighted by atomic mass is 32.2. The maximum absolute atomic E-state index is 13.0. The maximum atomic E-state index is 13.0. The molecule has 1 atom stereocenters. The Labute approximate surface area is 163 Å². The van der Waals surface area contributed by atoms with Crippen molar-refractivity contribution >= 4 is 10.0 Å². The van der Waals surface area contributed by atoms with Crippen molar-refractivity contribution in [3.05, 3.63) is 47.1 Å². The van der Waals surface area contributed by atoms with Crippen LogP contribution in [0.1, 0.15) is 19.3 Å². The molecule has 29 heavy (non-hydrogen) atoms. The van der Waals surface area contributed by atoms with E-state index < -0.39 is 53.5 Å². The summed E-state index contributed by atoms with van der Waals surface area (Å²) in [7, 11) is -4.14. The zero-order chi connectivity index (χ0) is 22.1. The molecule has 164 valence electrons. The van der Waals surface area contributed by atoms with Gasteiger partial charge < -0.3 is 10.2 Å². The monoisotopic (exact) mass is 447 g/mol. The van der Waals surface area contributed by atoms with Gasteiger partial charge >= 0.3 is 12.4 Å². The molecule has 2 N–H and O–H groups in total. The van der Waals surface area contributed by atoms with E-state index in [1.54, 1.807) is 6.08 Å². The fourth-order valence-electron chi connectivity index (χ4n) is 3.10. The van der Waals surface area contributed by atoms with Crippen molar-refractivity contribution in [1.29, 1.82) is 0 Å². The molecule has 0 aromatic carbocycles. The van der Waals surface area contributed by atoms with Crippen LogP contribution in [-0.2, 0) is 10.0 Å². The molecule has 2 aliphatic carbocycles. The number of halogens is 6. The van der Waals surface area contributed by atoms with Gasteiger partial charge in [0.15, 0.2) is 0 Å². The van der Waals surface area contributed by atoms with Crippen molar-refractivity contribution < 1.29 is 45.0 Å². The molecular formula is C17H19F6NO4S. The molecule has 0 spiro atoms. The van der Waals surface area contributed by atoms with Crippen molar-refractivity contribution in [3.8, 4) is 0 Å². The van der Waals surface area contributed by atoms with Crippen LogP contribution < -0.4 is 0 Å². The smallest absolute Gasteiger partial charge is 0.394 e. The second kappa shape index (κ2) is 8.15. The van der Waals surface area contributed by atoms with Crippen LogP contribution in [0.5, 0.6) is 0 Å². The minimum atomic E-state index is -5.98. The van der Waals surface area contributed by atoms with E-state index in [4.69, 9.17) is 0 Å². The van der Waals surface area contributed by atoms with Gasteiger partial charge in [0.1, 0.15) is 0 Å². The lowest BCUT2D eigenvalue weighted by Gasteiger charge is -2.38. The summed E-state index contributed by atoms with van der Waals surface area (Å²) < 4.78 is 104. The Morgan fingerprint density at radius 2 is 1.76 bits per heavy atom. The third kappa shape index (κ3) is 4.38. The molecule has 2 rings (SSSR count). The van der Waals surface area contributed by atoms with Crippen molar-refractivity contribution in [2.75, 3.05) is 13.2 Å². The Bertz CT molecular complexity index is 825. The minimum Gasteiger partial charge on any atom is -0.394 e. The number of alkyl halides is 6. The lowest BCUT2D eigenvalue weighted by molar-refractivity contribution is -0.380. The number of aliphatic hydroxyl groups is 2. The molecule has 12 heteroatoms. The molecule has 0 aromatic rings. The maximum Gasteiger partial charge on any atom is 0.426 e. The van der Waals surface area contributed by atoms with Crippen molar-refractivity contribution in [2.24, 2.45) is 5.92 Å². The second-order valence-corrected chi connectivity index (χ2v) is 8.41. The topological polar surface area (TPSA) is 77.8 Å². The van der Waals surface area contributed by atoms with Gasteiger partial charge in [-0.15, -0.1) is 0 Å². The quantitative estimate of drug-likeness (QED) is 0.614. The number of rotatable bonds is 6. The van der Waals surface area contributed by atoms with Crippen molar-refractivity contribution in [3.63, 3.8) is 0 Å². The van der Waals surface area contributed by atoms with E-state index in [1.807, 2.05) is 0 Å². The first-order valence-electron chi connectivity index (χ1n) is 8.50. The third-order valence-corrected chi connectivity index (χ3v) is 6.65. The summed E-state index contributed by atoms with van der Waals surface area (Å²) in [4.78, 5) is 0.00645. The summed E-state index contributed by atoms with van der Waals surface area (Å²) in [6.45, 7) is -1.06. The van der Waals surface area contributed by atoms with Crippen LogP contribution in [-0.4, -0.2) is 54.0 Å². The first-order chi connectivity index (χ1) is 13.3. The van der Waals surface area contributed by atoms with Crippen LogP contribution in [0.25, 0.3) is 0 Å². The Balaban J connectivity index is 2.36. The average molecular weight is 447 g/mol. The highest BCUT2D eigenvalue weighted by Crippen LogP contribution is 2.50. The normalized spacial score (nSPS) is 21.0. The van der Waals surface area contributed by atoms with E-state index in [1.165, 1.54) is 12.2 Å². The molecule has 0 radical (unpaired) electrons. The predicted molar refractivity (Wildman–Crippen MR) is 91.6 cm³/mol. The van der Waals surface area contributed by atoms with Crippen molar-refractivity contribution in [2.45, 2.75) is 37.2 Å². The third-order valence-electron chi connectivity index (χ3n) is 4.67. The Morgan fingerprint density at radius 3 is 2.17 bits per heavy atom. The van der Waals surface area contributed by atoms with E-state index in [0.717, 1.165) is 16.5 Å². The van der Waals surface area contributed by atoms with Crippen LogP contribution in [0.3, 0.4) is 0 Å². The number of sulfonamides is 1. The molecule has 0 amide bonds. The highest BCUT2D eigenvalue weighted by molar-refractivity contribution is 7.93. The SMILES string of the molecule is O=S(=O)(C1=CC=CCC1)N(CCO)C1=CCC(C(O)(C(F)(F)F)C(F)(F)F)C=C1. The lowest BCUT2D eigenvalue weighted by atomic mass is 9.81. The van der Waals surface area contributed by atoms with Crippen LogP contribution in [0, 0.1) is 5.92 Å².